The second-order valence-corrected chi connectivity index (χ2v) is 3.44. The van der Waals surface area contributed by atoms with Gasteiger partial charge in [0.2, 0.25) is 0 Å². The number of nitrogens with zero attached hydrogens (tertiary/aromatic N) is 2. The van der Waals surface area contributed by atoms with Crippen LogP contribution in [0.4, 0.5) is 5.82 Å². The molecule has 0 spiro atoms. The van der Waals surface area contributed by atoms with Gasteiger partial charge in [0.25, 0.3) is 0 Å². The van der Waals surface area contributed by atoms with Crippen LogP contribution in [0.1, 0.15) is 25.1 Å². The lowest BCUT2D eigenvalue weighted by atomic mass is 10.2. The van der Waals surface area contributed by atoms with Gasteiger partial charge in [-0.2, -0.15) is 0 Å². The minimum atomic E-state index is 0.883. The molecule has 0 atom stereocenters. The molecule has 0 aliphatic carbocycles. The lowest BCUT2D eigenvalue weighted by Gasteiger charge is -2.20. The highest BCUT2D eigenvalue weighted by atomic mass is 15.5. The predicted molar refractivity (Wildman–Crippen MR) is 65.6 cm³/mol. The van der Waals surface area contributed by atoms with Crippen LogP contribution in [0.3, 0.4) is 0 Å². The molecule has 1 rings (SSSR count). The van der Waals surface area contributed by atoms with E-state index in [0.717, 1.165) is 24.6 Å². The zero-order valence-corrected chi connectivity index (χ0v) is 9.75. The Morgan fingerprint density at radius 3 is 2.60 bits per heavy atom. The van der Waals surface area contributed by atoms with Crippen molar-refractivity contribution in [1.29, 1.82) is 0 Å². The number of nitrogens with one attached hydrogen (secondary N) is 1. The Hall–Kier alpha value is -1.35. The number of hydrogen-bond donors (Lipinski definition) is 1. The summed E-state index contributed by atoms with van der Waals surface area (Å²) in [7, 11) is 0. The molecule has 0 fully saturated rings. The molecular weight excluding hydrogens is 186 g/mol. The van der Waals surface area contributed by atoms with E-state index in [9.17, 15) is 0 Å². The van der Waals surface area contributed by atoms with Crippen LogP contribution in [-0.2, 0) is 0 Å². The third kappa shape index (κ3) is 3.36. The van der Waals surface area contributed by atoms with E-state index in [1.165, 1.54) is 5.56 Å². The van der Waals surface area contributed by atoms with E-state index in [0.29, 0.717) is 0 Å². The predicted octanol–water partition coefficient (Wildman–Crippen LogP) is 2.70. The Labute approximate surface area is 91.8 Å². The van der Waals surface area contributed by atoms with E-state index < -0.39 is 0 Å². The zero-order chi connectivity index (χ0) is 11.3. The van der Waals surface area contributed by atoms with Crippen LogP contribution in [0.2, 0.25) is 0 Å². The molecule has 0 saturated heterocycles. The average Bonchev–Trinajstić information content (AvgIpc) is 2.25. The molecule has 0 saturated carbocycles. The van der Waals surface area contributed by atoms with Crippen LogP contribution < -0.4 is 5.43 Å². The van der Waals surface area contributed by atoms with Crippen LogP contribution in [0, 0.1) is 6.92 Å². The van der Waals surface area contributed by atoms with Gasteiger partial charge in [0.1, 0.15) is 5.82 Å². The van der Waals surface area contributed by atoms with Gasteiger partial charge in [-0.05, 0) is 30.7 Å². The molecule has 0 aromatic carbocycles. The number of anilines is 1. The minimum Gasteiger partial charge on any atom is -0.303 e. The monoisotopic (exact) mass is 205 g/mol. The van der Waals surface area contributed by atoms with E-state index >= 15 is 0 Å². The fraction of sp³-hybridized carbons (Fsp3) is 0.417. The van der Waals surface area contributed by atoms with Crippen molar-refractivity contribution >= 4 is 11.9 Å². The van der Waals surface area contributed by atoms with Crippen molar-refractivity contribution in [2.45, 2.75) is 20.8 Å². The first-order valence-electron chi connectivity index (χ1n) is 5.32. The molecule has 0 unspecified atom stereocenters. The zero-order valence-electron chi connectivity index (χ0n) is 9.75. The van der Waals surface area contributed by atoms with E-state index in [1.807, 2.05) is 12.1 Å². The third-order valence-electron chi connectivity index (χ3n) is 2.23. The highest BCUT2D eigenvalue weighted by Crippen LogP contribution is 2.11. The molecule has 0 bridgehead atoms. The summed E-state index contributed by atoms with van der Waals surface area (Å²) in [4.78, 5) is 4.42. The topological polar surface area (TPSA) is 28.2 Å². The minimum absolute atomic E-state index is 0.883. The van der Waals surface area contributed by atoms with Crippen molar-refractivity contribution in [2.24, 2.45) is 0 Å². The van der Waals surface area contributed by atoms with Crippen LogP contribution in [-0.4, -0.2) is 23.1 Å². The molecule has 15 heavy (non-hydrogen) atoms. The highest BCUT2D eigenvalue weighted by Gasteiger charge is 2.01. The number of aromatic nitrogens is 1. The maximum absolute atomic E-state index is 4.42. The molecule has 0 aliphatic heterocycles. The summed E-state index contributed by atoms with van der Waals surface area (Å²) in [6.45, 7) is 11.9. The first kappa shape index (κ1) is 11.7. The van der Waals surface area contributed by atoms with Gasteiger partial charge in [-0.1, -0.05) is 20.4 Å². The van der Waals surface area contributed by atoms with Crippen molar-refractivity contribution < 1.29 is 0 Å². The number of hydrazine groups is 1. The van der Waals surface area contributed by atoms with E-state index in [4.69, 9.17) is 0 Å². The van der Waals surface area contributed by atoms with E-state index in [1.54, 1.807) is 6.08 Å². The fourth-order valence-corrected chi connectivity index (χ4v) is 1.40. The van der Waals surface area contributed by atoms with Crippen LogP contribution in [0.15, 0.2) is 18.7 Å². The van der Waals surface area contributed by atoms with Gasteiger partial charge in [-0.25, -0.2) is 9.99 Å². The first-order chi connectivity index (χ1) is 7.19. The van der Waals surface area contributed by atoms with Crippen LogP contribution >= 0.6 is 0 Å². The van der Waals surface area contributed by atoms with Crippen molar-refractivity contribution in [3.8, 4) is 0 Å². The second-order valence-electron chi connectivity index (χ2n) is 3.44. The summed E-state index contributed by atoms with van der Waals surface area (Å²) < 4.78 is 0. The van der Waals surface area contributed by atoms with Gasteiger partial charge in [-0.3, -0.25) is 0 Å². The Morgan fingerprint density at radius 1 is 1.40 bits per heavy atom. The van der Waals surface area contributed by atoms with Crippen molar-refractivity contribution in [3.05, 3.63) is 30.0 Å². The van der Waals surface area contributed by atoms with Crippen molar-refractivity contribution in [2.75, 3.05) is 18.5 Å². The van der Waals surface area contributed by atoms with Gasteiger partial charge in [-0.15, -0.1) is 0 Å². The molecule has 0 radical (unpaired) electrons. The molecule has 3 nitrogen and oxygen atoms in total. The molecule has 82 valence electrons. The largest absolute Gasteiger partial charge is 0.303 e. The fourth-order valence-electron chi connectivity index (χ4n) is 1.40. The Balaban J connectivity index is 2.84. The molecule has 0 amide bonds. The van der Waals surface area contributed by atoms with Gasteiger partial charge < -0.3 is 5.43 Å². The van der Waals surface area contributed by atoms with Gasteiger partial charge in [0.15, 0.2) is 0 Å². The number of pyridine rings is 1. The summed E-state index contributed by atoms with van der Waals surface area (Å²) in [5, 5.41) is 2.11. The van der Waals surface area contributed by atoms with E-state index in [-0.39, 0.29) is 0 Å². The average molecular weight is 205 g/mol. The molecule has 3 heteroatoms. The van der Waals surface area contributed by atoms with Gasteiger partial charge in [0, 0.05) is 13.1 Å². The number of hydrogen-bond acceptors (Lipinski definition) is 3. The maximum atomic E-state index is 4.42. The van der Waals surface area contributed by atoms with Gasteiger partial charge in [0.05, 0.1) is 5.69 Å². The lowest BCUT2D eigenvalue weighted by Crippen LogP contribution is -2.29. The van der Waals surface area contributed by atoms with Gasteiger partial charge >= 0.3 is 0 Å². The number of rotatable bonds is 5. The molecule has 1 aromatic heterocycles. The molecule has 0 aliphatic rings. The quantitative estimate of drug-likeness (QED) is 0.749. The van der Waals surface area contributed by atoms with Crippen LogP contribution in [0.25, 0.3) is 6.08 Å². The maximum Gasteiger partial charge on any atom is 0.141 e. The normalized spacial score (nSPS) is 10.4. The summed E-state index contributed by atoms with van der Waals surface area (Å²) >= 11 is 0. The summed E-state index contributed by atoms with van der Waals surface area (Å²) in [6.07, 6.45) is 1.76. The Morgan fingerprint density at radius 2 is 2.07 bits per heavy atom. The Bertz CT molecular complexity index is 330. The molecule has 1 N–H and O–H groups in total. The first-order valence-corrected chi connectivity index (χ1v) is 5.32. The molecular formula is C12H19N3. The smallest absolute Gasteiger partial charge is 0.141 e. The van der Waals surface area contributed by atoms with Crippen molar-refractivity contribution in [3.63, 3.8) is 0 Å². The summed E-state index contributed by atoms with van der Waals surface area (Å²) in [6, 6.07) is 4.05. The van der Waals surface area contributed by atoms with Crippen LogP contribution in [0.5, 0.6) is 0 Å². The SMILES string of the molecule is C=Cc1cc(C)cc(NN(CC)CC)n1. The third-order valence-corrected chi connectivity index (χ3v) is 2.23. The summed E-state index contributed by atoms with van der Waals surface area (Å²) in [5.74, 6) is 0.883. The second kappa shape index (κ2) is 5.51. The van der Waals surface area contributed by atoms with E-state index in [2.05, 4.69) is 42.8 Å². The Kier molecular flexibility index (Phi) is 4.31. The molecule has 1 aromatic rings. The molecule has 1 heterocycles. The standard InChI is InChI=1S/C12H19N3/c1-5-11-8-10(4)9-12(13-11)14-15(6-2)7-3/h5,8-9H,1,6-7H2,2-4H3,(H,13,14). The van der Waals surface area contributed by atoms with Crippen molar-refractivity contribution in [1.82, 2.24) is 9.99 Å². The summed E-state index contributed by atoms with van der Waals surface area (Å²) in [5.41, 5.74) is 5.36. The highest BCUT2D eigenvalue weighted by molar-refractivity contribution is 5.49. The lowest BCUT2D eigenvalue weighted by molar-refractivity contribution is 0.365. The number of aryl methyl sites for hydroxylation is 1.